The van der Waals surface area contributed by atoms with Crippen molar-refractivity contribution in [3.63, 3.8) is 0 Å². The van der Waals surface area contributed by atoms with Gasteiger partial charge >= 0.3 is 0 Å². The van der Waals surface area contributed by atoms with E-state index in [1.165, 1.54) is 0 Å². The minimum Gasteiger partial charge on any atom is -0.361 e. The molecule has 0 saturated heterocycles. The highest BCUT2D eigenvalue weighted by molar-refractivity contribution is 6.30. The van der Waals surface area contributed by atoms with E-state index >= 15 is 0 Å². The van der Waals surface area contributed by atoms with Crippen LogP contribution in [0, 0.1) is 0 Å². The molecule has 0 spiro atoms. The van der Waals surface area contributed by atoms with E-state index in [1.54, 1.807) is 0 Å². The Morgan fingerprint density at radius 3 is 2.53 bits per heavy atom. The molecule has 1 fully saturated rings. The highest BCUT2D eigenvalue weighted by atomic mass is 35.5. The van der Waals surface area contributed by atoms with E-state index in [4.69, 9.17) is 16.3 Å². The van der Waals surface area contributed by atoms with Crippen LogP contribution in [0.1, 0.15) is 25.0 Å². The number of likely N-dealkylation sites (N-methyl/N-ethyl adjacent to an activating group) is 1. The molecule has 0 aromatic heterocycles. The predicted molar refractivity (Wildman–Crippen MR) is 76.1 cm³/mol. The fraction of sp³-hybridized carbons (Fsp3) is 0.467. The van der Waals surface area contributed by atoms with E-state index in [-0.39, 0.29) is 6.10 Å². The number of ether oxygens (including phenoxy) is 1. The molecule has 0 bridgehead atoms. The summed E-state index contributed by atoms with van der Waals surface area (Å²) in [6, 6.07) is 7.59. The average molecular weight is 280 g/mol. The molecule has 1 aromatic rings. The number of carbonyl (C=O) groups excluding carboxylic acids is 1. The van der Waals surface area contributed by atoms with E-state index in [2.05, 4.69) is 0 Å². The van der Waals surface area contributed by atoms with Gasteiger partial charge in [-0.05, 0) is 38.7 Å². The molecule has 0 amide bonds. The van der Waals surface area contributed by atoms with Crippen LogP contribution in [0.15, 0.2) is 29.8 Å². The maximum absolute atomic E-state index is 10.8. The first kappa shape index (κ1) is 14.3. The third-order valence-electron chi connectivity index (χ3n) is 3.32. The smallest absolute Gasteiger partial charge is 0.126 e. The van der Waals surface area contributed by atoms with E-state index in [0.29, 0.717) is 18.0 Å². The predicted octanol–water partition coefficient (Wildman–Crippen LogP) is 2.88. The van der Waals surface area contributed by atoms with Gasteiger partial charge in [0.05, 0.1) is 11.7 Å². The first-order valence-electron chi connectivity index (χ1n) is 6.29. The summed E-state index contributed by atoms with van der Waals surface area (Å²) in [6.07, 6.45) is 0.593. The normalized spacial score (nSPS) is 23.3. The van der Waals surface area contributed by atoms with Crippen molar-refractivity contribution < 1.29 is 9.53 Å². The molecule has 19 heavy (non-hydrogen) atoms. The Labute approximate surface area is 118 Å². The molecule has 0 aliphatic heterocycles. The SMILES string of the molecule is CC(OC1(CN(C)C)CC1=C=O)c1ccc(Cl)cc1. The summed E-state index contributed by atoms with van der Waals surface area (Å²) in [5.74, 6) is 2.00. The first-order chi connectivity index (χ1) is 8.97. The second kappa shape index (κ2) is 5.48. The number of hydrogen-bond donors (Lipinski definition) is 0. The molecule has 1 aromatic carbocycles. The van der Waals surface area contributed by atoms with Crippen LogP contribution in [-0.2, 0) is 9.53 Å². The average Bonchev–Trinajstić information content (AvgIpc) is 3.01. The molecule has 1 aliphatic carbocycles. The first-order valence-corrected chi connectivity index (χ1v) is 6.67. The third kappa shape index (κ3) is 3.26. The van der Waals surface area contributed by atoms with Crippen LogP contribution >= 0.6 is 11.6 Å². The molecule has 2 unspecified atom stereocenters. The maximum atomic E-state index is 10.8. The Hall–Kier alpha value is -1.12. The standard InChI is InChI=1S/C15H18ClNO2/c1-11(12-4-6-14(16)7-5-12)19-15(10-17(2)3)8-13(15)9-18/h4-7,11H,8,10H2,1-3H3. The largest absolute Gasteiger partial charge is 0.361 e. The summed E-state index contributed by atoms with van der Waals surface area (Å²) in [4.78, 5) is 12.9. The highest BCUT2D eigenvalue weighted by Gasteiger charge is 2.53. The van der Waals surface area contributed by atoms with Gasteiger partial charge in [-0.1, -0.05) is 23.7 Å². The lowest BCUT2D eigenvalue weighted by Gasteiger charge is -2.24. The molecule has 0 radical (unpaired) electrons. The lowest BCUT2D eigenvalue weighted by atomic mass is 10.1. The summed E-state index contributed by atoms with van der Waals surface area (Å²) in [6.45, 7) is 2.69. The molecule has 0 heterocycles. The van der Waals surface area contributed by atoms with E-state index in [9.17, 15) is 4.79 Å². The molecule has 1 saturated carbocycles. The van der Waals surface area contributed by atoms with Gasteiger partial charge in [-0.15, -0.1) is 0 Å². The van der Waals surface area contributed by atoms with E-state index in [0.717, 1.165) is 11.1 Å². The summed E-state index contributed by atoms with van der Waals surface area (Å²) < 4.78 is 6.10. The van der Waals surface area contributed by atoms with Crippen molar-refractivity contribution in [1.82, 2.24) is 4.90 Å². The van der Waals surface area contributed by atoms with Gasteiger partial charge in [0.1, 0.15) is 11.5 Å². The second-order valence-electron chi connectivity index (χ2n) is 5.30. The van der Waals surface area contributed by atoms with Crippen LogP contribution in [0.3, 0.4) is 0 Å². The van der Waals surface area contributed by atoms with Crippen molar-refractivity contribution in [1.29, 1.82) is 0 Å². The topological polar surface area (TPSA) is 29.5 Å². The summed E-state index contributed by atoms with van der Waals surface area (Å²) in [7, 11) is 3.94. The van der Waals surface area contributed by atoms with Gasteiger partial charge in [0, 0.05) is 18.0 Å². The van der Waals surface area contributed by atoms with Crippen LogP contribution in [0.2, 0.25) is 5.02 Å². The van der Waals surface area contributed by atoms with Crippen LogP contribution in [0.5, 0.6) is 0 Å². The second-order valence-corrected chi connectivity index (χ2v) is 5.74. The molecular weight excluding hydrogens is 262 g/mol. The Kier molecular flexibility index (Phi) is 4.12. The van der Waals surface area contributed by atoms with Crippen LogP contribution in [0.4, 0.5) is 0 Å². The Balaban J connectivity index is 2.10. The van der Waals surface area contributed by atoms with Crippen molar-refractivity contribution in [3.8, 4) is 0 Å². The monoisotopic (exact) mass is 279 g/mol. The van der Waals surface area contributed by atoms with Crippen molar-refractivity contribution >= 4 is 17.5 Å². The fourth-order valence-corrected chi connectivity index (χ4v) is 2.45. The number of hydrogen-bond acceptors (Lipinski definition) is 3. The summed E-state index contributed by atoms with van der Waals surface area (Å²) in [5, 5.41) is 0.707. The van der Waals surface area contributed by atoms with Crippen LogP contribution < -0.4 is 0 Å². The lowest BCUT2D eigenvalue weighted by molar-refractivity contribution is -0.0251. The van der Waals surface area contributed by atoms with Gasteiger partial charge in [0.15, 0.2) is 0 Å². The number of halogens is 1. The summed E-state index contributed by atoms with van der Waals surface area (Å²) >= 11 is 5.87. The van der Waals surface area contributed by atoms with Crippen molar-refractivity contribution in [2.24, 2.45) is 0 Å². The van der Waals surface area contributed by atoms with E-state index in [1.807, 2.05) is 56.1 Å². The van der Waals surface area contributed by atoms with E-state index < -0.39 is 5.60 Å². The van der Waals surface area contributed by atoms with Gasteiger partial charge in [-0.25, -0.2) is 4.79 Å². The Bertz CT molecular complexity index is 505. The van der Waals surface area contributed by atoms with Gasteiger partial charge in [-0.3, -0.25) is 0 Å². The van der Waals surface area contributed by atoms with Crippen LogP contribution in [-0.4, -0.2) is 37.1 Å². The van der Waals surface area contributed by atoms with Gasteiger partial charge < -0.3 is 9.64 Å². The third-order valence-corrected chi connectivity index (χ3v) is 3.58. The zero-order valence-corrected chi connectivity index (χ0v) is 12.2. The molecule has 1 aliphatic rings. The zero-order chi connectivity index (χ0) is 14.0. The maximum Gasteiger partial charge on any atom is 0.126 e. The Morgan fingerprint density at radius 2 is 2.05 bits per heavy atom. The fourth-order valence-electron chi connectivity index (χ4n) is 2.32. The Morgan fingerprint density at radius 1 is 1.42 bits per heavy atom. The minimum absolute atomic E-state index is 0.0805. The van der Waals surface area contributed by atoms with Crippen molar-refractivity contribution in [3.05, 3.63) is 40.4 Å². The van der Waals surface area contributed by atoms with Gasteiger partial charge in [0.2, 0.25) is 0 Å². The molecule has 102 valence electrons. The lowest BCUT2D eigenvalue weighted by Crippen LogP contribution is -2.31. The molecule has 2 rings (SSSR count). The number of nitrogens with zero attached hydrogens (tertiary/aromatic N) is 1. The zero-order valence-electron chi connectivity index (χ0n) is 11.4. The van der Waals surface area contributed by atoms with Gasteiger partial charge in [-0.2, -0.15) is 0 Å². The van der Waals surface area contributed by atoms with Crippen LogP contribution in [0.25, 0.3) is 0 Å². The summed E-state index contributed by atoms with van der Waals surface area (Å²) in [5.41, 5.74) is 1.33. The molecule has 4 heteroatoms. The highest BCUT2D eigenvalue weighted by Crippen LogP contribution is 2.47. The minimum atomic E-state index is -0.454. The molecular formula is C15H18ClNO2. The molecule has 2 atom stereocenters. The number of rotatable bonds is 5. The quantitative estimate of drug-likeness (QED) is 0.776. The number of benzene rings is 1. The molecule has 3 nitrogen and oxygen atoms in total. The molecule has 0 N–H and O–H groups in total. The van der Waals surface area contributed by atoms with Crippen molar-refractivity contribution in [2.75, 3.05) is 20.6 Å². The van der Waals surface area contributed by atoms with Gasteiger partial charge in [0.25, 0.3) is 0 Å². The van der Waals surface area contributed by atoms with Crippen molar-refractivity contribution in [2.45, 2.75) is 25.0 Å².